The van der Waals surface area contributed by atoms with Crippen LogP contribution >= 0.6 is 0 Å². The van der Waals surface area contributed by atoms with E-state index < -0.39 is 12.2 Å². The van der Waals surface area contributed by atoms with Gasteiger partial charge in [-0.05, 0) is 68.6 Å². The Balaban J connectivity index is 1.69. The Bertz CT molecular complexity index is 582. The minimum atomic E-state index is -0.435. The van der Waals surface area contributed by atoms with Crippen LogP contribution in [0.1, 0.15) is 65.7 Å². The van der Waals surface area contributed by atoms with Crippen molar-refractivity contribution in [2.45, 2.75) is 77.9 Å². The maximum Gasteiger partial charge on any atom is 0.133 e. The van der Waals surface area contributed by atoms with Crippen molar-refractivity contribution in [2.24, 2.45) is 34.5 Å². The summed E-state index contributed by atoms with van der Waals surface area (Å²) in [7, 11) is 0. The lowest BCUT2D eigenvalue weighted by molar-refractivity contribution is -0.131. The van der Waals surface area contributed by atoms with Crippen molar-refractivity contribution in [3.05, 3.63) is 11.6 Å². The molecule has 4 rings (SSSR count). The molecule has 0 aliphatic heterocycles. The molecule has 0 saturated heterocycles. The van der Waals surface area contributed by atoms with Crippen LogP contribution in [0, 0.1) is 34.5 Å². The second-order valence-corrected chi connectivity index (χ2v) is 9.52. The highest BCUT2D eigenvalue weighted by Crippen LogP contribution is 2.66. The fourth-order valence-electron chi connectivity index (χ4n) is 7.37. The molecule has 3 saturated carbocycles. The van der Waals surface area contributed by atoms with Crippen LogP contribution in [0.5, 0.6) is 0 Å². The summed E-state index contributed by atoms with van der Waals surface area (Å²) < 4.78 is 0. The third kappa shape index (κ3) is 2.07. The van der Waals surface area contributed by atoms with Gasteiger partial charge in [0.1, 0.15) is 5.78 Å². The van der Waals surface area contributed by atoms with Gasteiger partial charge in [0.15, 0.2) is 0 Å². The zero-order valence-corrected chi connectivity index (χ0v) is 15.3. The Morgan fingerprint density at radius 1 is 1.17 bits per heavy atom. The molecule has 134 valence electrons. The number of carbonyl (C=O) groups excluding carboxylic acids is 1. The van der Waals surface area contributed by atoms with E-state index in [1.807, 2.05) is 0 Å². The first-order valence-electron chi connectivity index (χ1n) is 9.84. The first kappa shape index (κ1) is 16.8. The molecule has 0 aromatic heterocycles. The summed E-state index contributed by atoms with van der Waals surface area (Å²) in [4.78, 5) is 12.2. The number of allylic oxidation sites excluding steroid dienone is 1. The second-order valence-electron chi connectivity index (χ2n) is 9.52. The number of aliphatic hydroxyl groups is 2. The number of ketones is 1. The van der Waals surface area contributed by atoms with E-state index in [0.717, 1.165) is 32.1 Å². The molecular weight excluding hydrogens is 300 g/mol. The van der Waals surface area contributed by atoms with Crippen molar-refractivity contribution >= 4 is 5.78 Å². The number of aliphatic hydroxyl groups excluding tert-OH is 2. The molecule has 4 aliphatic rings. The minimum absolute atomic E-state index is 0.161. The van der Waals surface area contributed by atoms with E-state index in [1.165, 1.54) is 12.0 Å². The SMILES string of the molecule is CC(=O)[C@H]1CC[C@H]2[C@@H]3CC=C4CC(O)C[C@@H](O)[C@]4(C)[C@H]3CC[C@]12C. The normalized spacial score (nSPS) is 53.6. The van der Waals surface area contributed by atoms with Crippen molar-refractivity contribution in [1.82, 2.24) is 0 Å². The lowest BCUT2D eigenvalue weighted by atomic mass is 9.46. The molecule has 1 unspecified atom stereocenters. The number of fused-ring (bicyclic) bond motifs is 5. The number of carbonyl (C=O) groups is 1. The highest BCUT2D eigenvalue weighted by Gasteiger charge is 2.61. The Morgan fingerprint density at radius 2 is 1.92 bits per heavy atom. The van der Waals surface area contributed by atoms with Gasteiger partial charge in [0, 0.05) is 17.8 Å². The highest BCUT2D eigenvalue weighted by molar-refractivity contribution is 5.79. The predicted octanol–water partition coefficient (Wildman–Crippen LogP) is 3.49. The van der Waals surface area contributed by atoms with Gasteiger partial charge < -0.3 is 10.2 Å². The van der Waals surface area contributed by atoms with Crippen LogP contribution in [-0.2, 0) is 4.79 Å². The Morgan fingerprint density at radius 3 is 2.62 bits per heavy atom. The average molecular weight is 332 g/mol. The quantitative estimate of drug-likeness (QED) is 0.723. The first-order chi connectivity index (χ1) is 11.3. The Labute approximate surface area is 145 Å². The van der Waals surface area contributed by atoms with E-state index in [4.69, 9.17) is 0 Å². The summed E-state index contributed by atoms with van der Waals surface area (Å²) in [6, 6.07) is 0. The number of hydrogen-bond donors (Lipinski definition) is 2. The van der Waals surface area contributed by atoms with Gasteiger partial charge in [0.25, 0.3) is 0 Å². The Hall–Kier alpha value is -0.670. The van der Waals surface area contributed by atoms with Crippen molar-refractivity contribution in [2.75, 3.05) is 0 Å². The van der Waals surface area contributed by atoms with Crippen LogP contribution < -0.4 is 0 Å². The van der Waals surface area contributed by atoms with Gasteiger partial charge in [0.2, 0.25) is 0 Å². The molecule has 3 heteroatoms. The van der Waals surface area contributed by atoms with Gasteiger partial charge in [-0.25, -0.2) is 0 Å². The molecular formula is C21H32O3. The molecule has 0 radical (unpaired) electrons. The summed E-state index contributed by atoms with van der Waals surface area (Å²) in [5.41, 5.74) is 1.28. The molecule has 8 atom stereocenters. The monoisotopic (exact) mass is 332 g/mol. The number of Topliss-reactive ketones (excluding diaryl/α,β-unsaturated/α-hetero) is 1. The van der Waals surface area contributed by atoms with Gasteiger partial charge in [-0.15, -0.1) is 0 Å². The van der Waals surface area contributed by atoms with Crippen molar-refractivity contribution in [1.29, 1.82) is 0 Å². The van der Waals surface area contributed by atoms with Crippen molar-refractivity contribution < 1.29 is 15.0 Å². The first-order valence-corrected chi connectivity index (χ1v) is 9.84. The predicted molar refractivity (Wildman–Crippen MR) is 93.3 cm³/mol. The molecule has 2 N–H and O–H groups in total. The molecule has 24 heavy (non-hydrogen) atoms. The van der Waals surface area contributed by atoms with E-state index in [0.29, 0.717) is 30.0 Å². The van der Waals surface area contributed by atoms with Gasteiger partial charge in [-0.3, -0.25) is 4.79 Å². The van der Waals surface area contributed by atoms with Crippen LogP contribution in [0.4, 0.5) is 0 Å². The summed E-state index contributed by atoms with van der Waals surface area (Å²) in [6.45, 7) is 6.37. The van der Waals surface area contributed by atoms with Gasteiger partial charge in [-0.1, -0.05) is 25.5 Å². The van der Waals surface area contributed by atoms with Crippen LogP contribution in [0.3, 0.4) is 0 Å². The lowest BCUT2D eigenvalue weighted by Gasteiger charge is -2.59. The summed E-state index contributed by atoms with van der Waals surface area (Å²) in [5, 5.41) is 20.9. The van der Waals surface area contributed by atoms with E-state index in [-0.39, 0.29) is 16.7 Å². The summed E-state index contributed by atoms with van der Waals surface area (Å²) >= 11 is 0. The molecule has 0 bridgehead atoms. The highest BCUT2D eigenvalue weighted by atomic mass is 16.3. The number of rotatable bonds is 1. The third-order valence-electron chi connectivity index (χ3n) is 8.67. The van der Waals surface area contributed by atoms with Crippen LogP contribution in [0.15, 0.2) is 11.6 Å². The zero-order valence-electron chi connectivity index (χ0n) is 15.3. The maximum absolute atomic E-state index is 12.2. The molecule has 4 aliphatic carbocycles. The van der Waals surface area contributed by atoms with Crippen molar-refractivity contribution in [3.63, 3.8) is 0 Å². The van der Waals surface area contributed by atoms with E-state index in [9.17, 15) is 15.0 Å². The third-order valence-corrected chi connectivity index (χ3v) is 8.67. The van der Waals surface area contributed by atoms with Crippen LogP contribution in [0.25, 0.3) is 0 Å². The largest absolute Gasteiger partial charge is 0.393 e. The molecule has 0 aromatic carbocycles. The smallest absolute Gasteiger partial charge is 0.133 e. The fraction of sp³-hybridized carbons (Fsp3) is 0.857. The van der Waals surface area contributed by atoms with Crippen LogP contribution in [-0.4, -0.2) is 28.2 Å². The molecule has 3 fully saturated rings. The number of hydrogen-bond acceptors (Lipinski definition) is 3. The van der Waals surface area contributed by atoms with E-state index in [1.54, 1.807) is 6.92 Å². The van der Waals surface area contributed by atoms with E-state index in [2.05, 4.69) is 19.9 Å². The molecule has 0 spiro atoms. The average Bonchev–Trinajstić information content (AvgIpc) is 2.86. The standard InChI is InChI=1S/C21H32O3/c1-12(22)16-6-7-17-15-5-4-13-10-14(23)11-19(24)21(13,3)18(15)8-9-20(16,17)2/h4,14-19,23-24H,5-11H2,1-3H3/t14?,15-,16+,17-,18-,19+,20+,21-/m0/s1. The summed E-state index contributed by atoms with van der Waals surface area (Å²) in [6.07, 6.45) is 8.26. The Kier molecular flexibility index (Phi) is 3.78. The molecule has 0 aromatic rings. The van der Waals surface area contributed by atoms with E-state index >= 15 is 0 Å². The van der Waals surface area contributed by atoms with Gasteiger partial charge in [-0.2, -0.15) is 0 Å². The fourth-order valence-corrected chi connectivity index (χ4v) is 7.37. The molecule has 0 heterocycles. The zero-order chi connectivity index (χ0) is 17.3. The maximum atomic E-state index is 12.2. The second kappa shape index (κ2) is 5.41. The van der Waals surface area contributed by atoms with Gasteiger partial charge >= 0.3 is 0 Å². The summed E-state index contributed by atoms with van der Waals surface area (Å²) in [5.74, 6) is 2.31. The van der Waals surface area contributed by atoms with Crippen LogP contribution in [0.2, 0.25) is 0 Å². The lowest BCUT2D eigenvalue weighted by Crippen LogP contribution is -2.55. The van der Waals surface area contributed by atoms with Crippen molar-refractivity contribution in [3.8, 4) is 0 Å². The molecule has 0 amide bonds. The topological polar surface area (TPSA) is 57.5 Å². The minimum Gasteiger partial charge on any atom is -0.393 e. The van der Waals surface area contributed by atoms with Gasteiger partial charge in [0.05, 0.1) is 12.2 Å². The molecule has 3 nitrogen and oxygen atoms in total.